The van der Waals surface area contributed by atoms with Gasteiger partial charge in [0, 0.05) is 10.7 Å². The molecule has 106 valence electrons. The Labute approximate surface area is 116 Å². The summed E-state index contributed by atoms with van der Waals surface area (Å²) in [4.78, 5) is 11.2. The van der Waals surface area contributed by atoms with E-state index in [4.69, 9.17) is 10.7 Å². The van der Waals surface area contributed by atoms with E-state index in [1.54, 1.807) is 0 Å². The van der Waals surface area contributed by atoms with Crippen molar-refractivity contribution < 1.29 is 31.2 Å². The number of pyridine rings is 1. The smallest absolute Gasteiger partial charge is 0.397 e. The summed E-state index contributed by atoms with van der Waals surface area (Å²) in [5, 5.41) is 10.6. The van der Waals surface area contributed by atoms with Crippen LogP contribution in [0.25, 0.3) is 0 Å². The third-order valence-electron chi connectivity index (χ3n) is 1.58. The summed E-state index contributed by atoms with van der Waals surface area (Å²) in [6.07, 6.45) is -4.95. The number of nitrogens with zero attached hydrogens (tertiary/aromatic N) is 2. The van der Waals surface area contributed by atoms with Gasteiger partial charge in [-0.2, -0.15) is 0 Å². The molecule has 0 aromatic carbocycles. The van der Waals surface area contributed by atoms with Crippen LogP contribution in [0.3, 0.4) is 0 Å². The summed E-state index contributed by atoms with van der Waals surface area (Å²) in [5.74, 6) is -1.56. The molecule has 0 unspecified atom stereocenters. The number of aromatic nitrogens is 1. The molecule has 0 atom stereocenters. The molecular formula is C6HBrClF3N2O5S. The second-order valence-electron chi connectivity index (χ2n) is 2.84. The maximum absolute atomic E-state index is 12.2. The van der Waals surface area contributed by atoms with Gasteiger partial charge in [0.1, 0.15) is 10.8 Å². The van der Waals surface area contributed by atoms with Gasteiger partial charge in [-0.3, -0.25) is 10.1 Å². The van der Waals surface area contributed by atoms with Crippen LogP contribution in [0.2, 0.25) is 0 Å². The van der Waals surface area contributed by atoms with Gasteiger partial charge in [-0.1, -0.05) is 0 Å². The van der Waals surface area contributed by atoms with E-state index in [9.17, 15) is 31.7 Å². The molecule has 0 amide bonds. The molecule has 0 N–H and O–H groups in total. The van der Waals surface area contributed by atoms with Crippen LogP contribution in [0.5, 0.6) is 5.75 Å². The molecule has 7 nitrogen and oxygen atoms in total. The largest absolute Gasteiger partial charge is 0.573 e. The highest BCUT2D eigenvalue weighted by atomic mass is 79.9. The number of ether oxygens (including phenoxy) is 1. The lowest BCUT2D eigenvalue weighted by Crippen LogP contribution is -2.20. The average Bonchev–Trinajstić information content (AvgIpc) is 2.11. The van der Waals surface area contributed by atoms with Gasteiger partial charge < -0.3 is 4.74 Å². The molecule has 0 radical (unpaired) electrons. The molecule has 1 aromatic heterocycles. The predicted molar refractivity (Wildman–Crippen MR) is 58.3 cm³/mol. The molecule has 1 heterocycles. The van der Waals surface area contributed by atoms with E-state index in [0.717, 1.165) is 0 Å². The quantitative estimate of drug-likeness (QED) is 0.343. The topological polar surface area (TPSA) is 99.4 Å². The number of hydrogen-bond acceptors (Lipinski definition) is 6. The first-order valence-electron chi connectivity index (χ1n) is 3.97. The first-order valence-corrected chi connectivity index (χ1v) is 7.07. The molecule has 1 rings (SSSR count). The SMILES string of the molecule is O=[N+]([O-])c1cnc(Br)c(S(=O)(=O)Cl)c1OC(F)(F)F. The lowest BCUT2D eigenvalue weighted by Gasteiger charge is -2.12. The van der Waals surface area contributed by atoms with Crippen LogP contribution < -0.4 is 4.74 Å². The lowest BCUT2D eigenvalue weighted by atomic mass is 10.4. The van der Waals surface area contributed by atoms with Gasteiger partial charge in [0.25, 0.3) is 9.05 Å². The summed E-state index contributed by atoms with van der Waals surface area (Å²) >= 11 is 2.53. The minimum Gasteiger partial charge on any atom is -0.397 e. The molecule has 0 spiro atoms. The Balaban J connectivity index is 3.70. The summed E-state index contributed by atoms with van der Waals surface area (Å²) in [5.41, 5.74) is -1.29. The van der Waals surface area contributed by atoms with Crippen LogP contribution >= 0.6 is 26.6 Å². The van der Waals surface area contributed by atoms with E-state index in [1.807, 2.05) is 0 Å². The lowest BCUT2D eigenvalue weighted by molar-refractivity contribution is -0.389. The molecule has 1 aromatic rings. The maximum atomic E-state index is 12.2. The molecule has 13 heteroatoms. The van der Waals surface area contributed by atoms with E-state index < -0.39 is 41.3 Å². The minimum absolute atomic E-state index is 0.400. The Morgan fingerprint density at radius 1 is 1.47 bits per heavy atom. The monoisotopic (exact) mass is 384 g/mol. The van der Waals surface area contributed by atoms with Crippen LogP contribution in [-0.2, 0) is 9.05 Å². The fourth-order valence-electron chi connectivity index (χ4n) is 1.00. The van der Waals surface area contributed by atoms with E-state index >= 15 is 0 Å². The van der Waals surface area contributed by atoms with Crippen molar-refractivity contribution in [2.75, 3.05) is 0 Å². The molecule has 0 bridgehead atoms. The minimum atomic E-state index is -5.35. The summed E-state index contributed by atoms with van der Waals surface area (Å²) < 4.78 is 61.5. The average molecular weight is 386 g/mol. The second-order valence-corrected chi connectivity index (χ2v) is 6.09. The van der Waals surface area contributed by atoms with Gasteiger partial charge >= 0.3 is 12.0 Å². The number of nitro groups is 1. The molecule has 19 heavy (non-hydrogen) atoms. The van der Waals surface area contributed by atoms with Crippen molar-refractivity contribution in [1.29, 1.82) is 0 Å². The van der Waals surface area contributed by atoms with Gasteiger partial charge in [0.05, 0.1) is 4.92 Å². The Hall–Kier alpha value is -1.14. The van der Waals surface area contributed by atoms with E-state index in [-0.39, 0.29) is 0 Å². The maximum Gasteiger partial charge on any atom is 0.573 e. The van der Waals surface area contributed by atoms with Gasteiger partial charge in [0.2, 0.25) is 5.75 Å². The molecule has 0 aliphatic rings. The van der Waals surface area contributed by atoms with Gasteiger partial charge in [0.15, 0.2) is 4.90 Å². The summed E-state index contributed by atoms with van der Waals surface area (Å²) in [6, 6.07) is 0. The van der Waals surface area contributed by atoms with Gasteiger partial charge in [-0.05, 0) is 15.9 Å². The number of hydrogen-bond donors (Lipinski definition) is 0. The molecule has 0 saturated carbocycles. The van der Waals surface area contributed by atoms with Crippen LogP contribution in [0, 0.1) is 10.1 Å². The Bertz CT molecular complexity index is 634. The number of halogens is 5. The first-order chi connectivity index (χ1) is 8.43. The Morgan fingerprint density at radius 2 is 2.00 bits per heavy atom. The van der Waals surface area contributed by atoms with Crippen molar-refractivity contribution in [2.24, 2.45) is 0 Å². The zero-order valence-electron chi connectivity index (χ0n) is 8.31. The Kier molecular flexibility index (Phi) is 4.27. The van der Waals surface area contributed by atoms with Gasteiger partial charge in [-0.15, -0.1) is 13.2 Å². The van der Waals surface area contributed by atoms with E-state index in [2.05, 4.69) is 25.7 Å². The molecule has 0 aliphatic carbocycles. The second kappa shape index (κ2) is 5.09. The molecule has 0 saturated heterocycles. The normalized spacial score (nSPS) is 12.3. The highest BCUT2D eigenvalue weighted by Gasteiger charge is 2.39. The van der Waals surface area contributed by atoms with E-state index in [0.29, 0.717) is 6.20 Å². The van der Waals surface area contributed by atoms with Crippen LogP contribution in [0.4, 0.5) is 18.9 Å². The molecule has 0 aliphatic heterocycles. The summed E-state index contributed by atoms with van der Waals surface area (Å²) in [7, 11) is 0.148. The summed E-state index contributed by atoms with van der Waals surface area (Å²) in [6.45, 7) is 0. The van der Waals surface area contributed by atoms with Crippen LogP contribution in [-0.4, -0.2) is 24.7 Å². The third kappa shape index (κ3) is 3.91. The number of alkyl halides is 3. The van der Waals surface area contributed by atoms with Gasteiger partial charge in [-0.25, -0.2) is 13.4 Å². The highest BCUT2D eigenvalue weighted by molar-refractivity contribution is 9.10. The first kappa shape index (κ1) is 15.9. The molecule has 0 fully saturated rings. The predicted octanol–water partition coefficient (Wildman–Crippen LogP) is 2.58. The van der Waals surface area contributed by atoms with Crippen LogP contribution in [0.15, 0.2) is 15.7 Å². The zero-order valence-corrected chi connectivity index (χ0v) is 11.5. The van der Waals surface area contributed by atoms with Crippen molar-refractivity contribution in [3.05, 3.63) is 20.9 Å². The zero-order chi connectivity index (χ0) is 15.0. The Morgan fingerprint density at radius 3 is 2.37 bits per heavy atom. The van der Waals surface area contributed by atoms with Crippen molar-refractivity contribution in [3.63, 3.8) is 0 Å². The third-order valence-corrected chi connectivity index (χ3v) is 3.78. The van der Waals surface area contributed by atoms with Crippen molar-refractivity contribution in [1.82, 2.24) is 4.98 Å². The fourth-order valence-corrected chi connectivity index (χ4v) is 3.25. The number of rotatable bonds is 3. The fraction of sp³-hybridized carbons (Fsp3) is 0.167. The molecular weight excluding hydrogens is 384 g/mol. The highest BCUT2D eigenvalue weighted by Crippen LogP contribution is 2.41. The van der Waals surface area contributed by atoms with Crippen molar-refractivity contribution in [2.45, 2.75) is 11.3 Å². The van der Waals surface area contributed by atoms with Crippen LogP contribution in [0.1, 0.15) is 0 Å². The standard InChI is InChI=1S/C6HBrClF3N2O5S/c7-5-4(19(8,16)17)3(18-6(9,10)11)2(1-12-5)13(14)15/h1H. The van der Waals surface area contributed by atoms with Crippen molar-refractivity contribution >= 4 is 41.4 Å². The van der Waals surface area contributed by atoms with Crippen molar-refractivity contribution in [3.8, 4) is 5.75 Å². The van der Waals surface area contributed by atoms with E-state index in [1.165, 1.54) is 0 Å².